The fraction of sp³-hybridized carbons (Fsp3) is 1.00. The number of rotatable bonds is 2. The molecule has 0 aliphatic rings. The highest BCUT2D eigenvalue weighted by Gasteiger charge is 2.02. The molecule has 0 saturated heterocycles. The van der Waals surface area contributed by atoms with Crippen molar-refractivity contribution in [3.05, 3.63) is 0 Å². The van der Waals surface area contributed by atoms with E-state index in [2.05, 4.69) is 0 Å². The third-order valence-electron chi connectivity index (χ3n) is 1.26. The van der Waals surface area contributed by atoms with E-state index in [0.29, 0.717) is 6.04 Å². The van der Waals surface area contributed by atoms with E-state index in [1.54, 1.807) is 0 Å². The number of nitrogens with one attached hydrogen (secondary N) is 1. The number of hydrogen-bond acceptors (Lipinski definition) is 1. The molecule has 0 heterocycles. The molecule has 0 radical (unpaired) electrons. The first-order valence-corrected chi connectivity index (χ1v) is 2.59. The van der Waals surface area contributed by atoms with Crippen LogP contribution in [0.1, 0.15) is 6.92 Å². The summed E-state index contributed by atoms with van der Waals surface area (Å²) in [6.45, 7) is 2.29. The monoisotopic (exact) mass is 183 g/mol. The van der Waals surface area contributed by atoms with Gasteiger partial charge in [-0.05, 0) is 6.92 Å². The number of aliphatic hydroxyl groups is 1. The molecule has 0 aromatic carbocycles. The Balaban J connectivity index is 0. The molecule has 0 bridgehead atoms. The van der Waals surface area contributed by atoms with Crippen molar-refractivity contribution in [3.8, 4) is 0 Å². The van der Waals surface area contributed by atoms with Crippen molar-refractivity contribution in [2.24, 2.45) is 0 Å². The summed E-state index contributed by atoms with van der Waals surface area (Å²) in [5.41, 5.74) is 0. The topological polar surface area (TPSA) is 24.7 Å². The van der Waals surface area contributed by atoms with E-state index in [1.165, 1.54) is 4.90 Å². The number of aliphatic hydroxyl groups excluding tert-OH is 1. The predicted octanol–water partition coefficient (Wildman–Crippen LogP) is -4.48. The number of likely N-dealkylation sites (N-methyl/N-ethyl adjacent to an activating group) is 1. The van der Waals surface area contributed by atoms with Crippen LogP contribution in [0.25, 0.3) is 0 Å². The molecule has 52 valence electrons. The molecular weight excluding hydrogens is 170 g/mol. The quantitative estimate of drug-likeness (QED) is 0.444. The molecule has 0 rings (SSSR count). The lowest BCUT2D eigenvalue weighted by atomic mass is 10.3. The Morgan fingerprint density at radius 2 is 1.88 bits per heavy atom. The summed E-state index contributed by atoms with van der Waals surface area (Å²) in [6, 6.07) is 0.375. The summed E-state index contributed by atoms with van der Waals surface area (Å²) in [5, 5.41) is 8.48. The number of halogens is 1. The van der Waals surface area contributed by atoms with E-state index >= 15 is 0 Å². The van der Waals surface area contributed by atoms with Gasteiger partial charge in [-0.2, -0.15) is 0 Å². The van der Waals surface area contributed by atoms with Crippen molar-refractivity contribution in [2.45, 2.75) is 13.0 Å². The summed E-state index contributed by atoms with van der Waals surface area (Å²) in [4.78, 5) is 1.29. The minimum Gasteiger partial charge on any atom is -1.00 e. The smallest absolute Gasteiger partial charge is 0.108 e. The van der Waals surface area contributed by atoms with E-state index in [4.69, 9.17) is 5.11 Å². The molecule has 3 heteroatoms. The van der Waals surface area contributed by atoms with Gasteiger partial charge < -0.3 is 27.0 Å². The highest BCUT2D eigenvalue weighted by molar-refractivity contribution is 4.36. The van der Waals surface area contributed by atoms with Crippen LogP contribution in [0.3, 0.4) is 0 Å². The summed E-state index contributed by atoms with van der Waals surface area (Å²) >= 11 is 0. The van der Waals surface area contributed by atoms with E-state index in [1.807, 2.05) is 21.0 Å². The van der Waals surface area contributed by atoms with Crippen LogP contribution in [0.4, 0.5) is 0 Å². The summed E-state index contributed by atoms with van der Waals surface area (Å²) in [5.74, 6) is 0. The minimum absolute atomic E-state index is 0. The predicted molar refractivity (Wildman–Crippen MR) is 29.4 cm³/mol. The first-order chi connectivity index (χ1) is 3.18. The lowest BCUT2D eigenvalue weighted by Crippen LogP contribution is -3.10. The Morgan fingerprint density at radius 3 is 1.88 bits per heavy atom. The van der Waals surface area contributed by atoms with Gasteiger partial charge in [0.05, 0.1) is 20.7 Å². The van der Waals surface area contributed by atoms with Gasteiger partial charge in [-0.15, -0.1) is 0 Å². The summed E-state index contributed by atoms with van der Waals surface area (Å²) in [6.07, 6.45) is 0. The van der Waals surface area contributed by atoms with Gasteiger partial charge in [-0.25, -0.2) is 0 Å². The third kappa shape index (κ3) is 4.56. The van der Waals surface area contributed by atoms with Crippen molar-refractivity contribution in [2.75, 3.05) is 20.7 Å². The Hall–Kier alpha value is 0.400. The first kappa shape index (κ1) is 11.2. The van der Waals surface area contributed by atoms with Crippen LogP contribution in [0.2, 0.25) is 0 Å². The van der Waals surface area contributed by atoms with Gasteiger partial charge in [0.25, 0.3) is 0 Å². The van der Waals surface area contributed by atoms with Crippen molar-refractivity contribution < 1.29 is 27.0 Å². The largest absolute Gasteiger partial charge is 1.00 e. The fourth-order valence-corrected chi connectivity index (χ4v) is 0.183. The zero-order valence-electron chi connectivity index (χ0n) is 5.61. The second-order valence-corrected chi connectivity index (χ2v) is 2.16. The lowest BCUT2D eigenvalue weighted by Gasteiger charge is -2.12. The van der Waals surface area contributed by atoms with Crippen LogP contribution in [0.5, 0.6) is 0 Å². The number of hydrogen-bond donors (Lipinski definition) is 2. The maximum Gasteiger partial charge on any atom is 0.108 e. The molecular formula is C5H14BrNO. The second kappa shape index (κ2) is 5.54. The van der Waals surface area contributed by atoms with E-state index in [9.17, 15) is 0 Å². The summed E-state index contributed by atoms with van der Waals surface area (Å²) < 4.78 is 0. The van der Waals surface area contributed by atoms with Crippen LogP contribution < -0.4 is 21.9 Å². The van der Waals surface area contributed by atoms with Gasteiger partial charge >= 0.3 is 0 Å². The van der Waals surface area contributed by atoms with E-state index < -0.39 is 0 Å². The zero-order chi connectivity index (χ0) is 5.86. The van der Waals surface area contributed by atoms with Gasteiger partial charge in [-0.1, -0.05) is 0 Å². The van der Waals surface area contributed by atoms with Gasteiger partial charge in [0, 0.05) is 0 Å². The molecule has 0 aromatic rings. The fourth-order valence-electron chi connectivity index (χ4n) is 0.183. The molecule has 8 heavy (non-hydrogen) atoms. The average molecular weight is 184 g/mol. The van der Waals surface area contributed by atoms with Crippen LogP contribution in [0, 0.1) is 0 Å². The molecule has 0 aliphatic carbocycles. The number of quaternary nitrogens is 1. The average Bonchev–Trinajstić information content (AvgIpc) is 1.65. The molecule has 2 nitrogen and oxygen atoms in total. The Bertz CT molecular complexity index is 49.7. The van der Waals surface area contributed by atoms with E-state index in [0.717, 1.165) is 0 Å². The Morgan fingerprint density at radius 1 is 1.50 bits per heavy atom. The van der Waals surface area contributed by atoms with Gasteiger partial charge in [-0.3, -0.25) is 0 Å². The molecule has 0 amide bonds. The highest BCUT2D eigenvalue weighted by Crippen LogP contribution is 1.63. The molecule has 2 N–H and O–H groups in total. The molecule has 0 spiro atoms. The Kier molecular flexibility index (Phi) is 7.77. The standard InChI is InChI=1S/C5H13NO.BrH/c1-5(4-7)6(2)3;/h5,7H,4H2,1-3H3;1H. The van der Waals surface area contributed by atoms with Crippen LogP contribution in [0.15, 0.2) is 0 Å². The molecule has 1 unspecified atom stereocenters. The van der Waals surface area contributed by atoms with Crippen molar-refractivity contribution in [3.63, 3.8) is 0 Å². The van der Waals surface area contributed by atoms with Crippen molar-refractivity contribution in [1.29, 1.82) is 0 Å². The third-order valence-corrected chi connectivity index (χ3v) is 1.26. The molecule has 0 saturated carbocycles. The highest BCUT2D eigenvalue weighted by atomic mass is 79.9. The normalized spacial score (nSPS) is 13.1. The first-order valence-electron chi connectivity index (χ1n) is 2.59. The maximum absolute atomic E-state index is 8.48. The van der Waals surface area contributed by atoms with Crippen molar-refractivity contribution in [1.82, 2.24) is 0 Å². The van der Waals surface area contributed by atoms with Crippen LogP contribution >= 0.6 is 0 Å². The van der Waals surface area contributed by atoms with E-state index in [-0.39, 0.29) is 23.6 Å². The minimum atomic E-state index is 0. The molecule has 0 fully saturated rings. The molecule has 0 aromatic heterocycles. The van der Waals surface area contributed by atoms with Crippen LogP contribution in [-0.4, -0.2) is 31.9 Å². The van der Waals surface area contributed by atoms with Gasteiger partial charge in [0.15, 0.2) is 0 Å². The second-order valence-electron chi connectivity index (χ2n) is 2.16. The van der Waals surface area contributed by atoms with Crippen LogP contribution in [-0.2, 0) is 0 Å². The lowest BCUT2D eigenvalue weighted by molar-refractivity contribution is -0.884. The Labute approximate surface area is 61.3 Å². The zero-order valence-corrected chi connectivity index (χ0v) is 7.20. The van der Waals surface area contributed by atoms with Gasteiger partial charge in [0.1, 0.15) is 6.04 Å². The van der Waals surface area contributed by atoms with Crippen molar-refractivity contribution >= 4 is 0 Å². The maximum atomic E-state index is 8.48. The molecule has 0 aliphatic heterocycles. The summed E-state index contributed by atoms with van der Waals surface area (Å²) in [7, 11) is 4.06. The SMILES string of the molecule is CC(CO)[NH+](C)C.[Br-]. The van der Waals surface area contributed by atoms with Gasteiger partial charge in [0.2, 0.25) is 0 Å². The molecule has 1 atom stereocenters.